The third kappa shape index (κ3) is 17.1. The van der Waals surface area contributed by atoms with Crippen LogP contribution in [0.25, 0.3) is 0 Å². The Kier molecular flexibility index (Phi) is 17.1. The molecule has 0 heterocycles. The number of carbonyl (C=O) groups is 1. The van der Waals surface area contributed by atoms with E-state index in [0.29, 0.717) is 0 Å². The molecule has 84 valence electrons. The number of hydrogen-bond donors (Lipinski definition) is 1. The van der Waals surface area contributed by atoms with Gasteiger partial charge in [-0.2, -0.15) is 0 Å². The number of aliphatic carboxylic acids is 1. The SMILES string of the molecule is NCCCCCCCCCCC(=O)[O-].[Na+]. The molecule has 0 saturated carbocycles. The maximum atomic E-state index is 10.1. The molecule has 0 aliphatic heterocycles. The van der Waals surface area contributed by atoms with Crippen LogP contribution in [0.1, 0.15) is 57.8 Å². The van der Waals surface area contributed by atoms with Gasteiger partial charge in [-0.3, -0.25) is 0 Å². The fourth-order valence-electron chi connectivity index (χ4n) is 1.47. The molecule has 0 radical (unpaired) electrons. The quantitative estimate of drug-likeness (QED) is 0.351. The van der Waals surface area contributed by atoms with E-state index in [2.05, 4.69) is 0 Å². The van der Waals surface area contributed by atoms with Crippen molar-refractivity contribution in [2.75, 3.05) is 6.54 Å². The minimum absolute atomic E-state index is 0. The van der Waals surface area contributed by atoms with E-state index in [1.807, 2.05) is 0 Å². The van der Waals surface area contributed by atoms with E-state index in [-0.39, 0.29) is 36.0 Å². The average molecular weight is 223 g/mol. The van der Waals surface area contributed by atoms with E-state index in [9.17, 15) is 9.90 Å². The van der Waals surface area contributed by atoms with Gasteiger partial charge >= 0.3 is 29.6 Å². The third-order valence-corrected chi connectivity index (χ3v) is 2.34. The molecule has 2 N–H and O–H groups in total. The third-order valence-electron chi connectivity index (χ3n) is 2.34. The van der Waals surface area contributed by atoms with Crippen LogP contribution in [0.4, 0.5) is 0 Å². The van der Waals surface area contributed by atoms with Crippen molar-refractivity contribution in [3.05, 3.63) is 0 Å². The van der Waals surface area contributed by atoms with Crippen molar-refractivity contribution >= 4 is 5.97 Å². The molecule has 3 nitrogen and oxygen atoms in total. The second kappa shape index (κ2) is 14.4. The Morgan fingerprint density at radius 2 is 1.27 bits per heavy atom. The van der Waals surface area contributed by atoms with Crippen molar-refractivity contribution < 1.29 is 39.5 Å². The number of carboxylic acid groups (broad SMARTS) is 1. The number of carboxylic acids is 1. The number of unbranched alkanes of at least 4 members (excludes halogenated alkanes) is 7. The summed E-state index contributed by atoms with van der Waals surface area (Å²) in [6.07, 6.45) is 9.25. The molecular weight excluding hydrogens is 201 g/mol. The first kappa shape index (κ1) is 17.8. The Hall–Kier alpha value is 0.430. The van der Waals surface area contributed by atoms with E-state index in [0.717, 1.165) is 32.2 Å². The normalized spacial score (nSPS) is 9.67. The zero-order chi connectivity index (χ0) is 10.6. The summed E-state index contributed by atoms with van der Waals surface area (Å²) in [6, 6.07) is 0. The van der Waals surface area contributed by atoms with E-state index in [4.69, 9.17) is 5.73 Å². The van der Waals surface area contributed by atoms with Gasteiger partial charge in [0.2, 0.25) is 0 Å². The smallest absolute Gasteiger partial charge is 0.550 e. The van der Waals surface area contributed by atoms with Gasteiger partial charge in [0.1, 0.15) is 0 Å². The number of nitrogens with two attached hydrogens (primary N) is 1. The average Bonchev–Trinajstić information content (AvgIpc) is 2.15. The standard InChI is InChI=1S/C11H23NO2.Na/c12-10-8-6-4-2-1-3-5-7-9-11(13)14;/h1-10,12H2,(H,13,14);/q;+1/p-1. The largest absolute Gasteiger partial charge is 1.00 e. The zero-order valence-corrected chi connectivity index (χ0v) is 12.0. The summed E-state index contributed by atoms with van der Waals surface area (Å²) in [5.74, 6) is -0.923. The molecule has 0 aromatic rings. The molecule has 0 unspecified atom stereocenters. The molecule has 0 fully saturated rings. The van der Waals surface area contributed by atoms with Crippen LogP contribution in [0.15, 0.2) is 0 Å². The topological polar surface area (TPSA) is 66.2 Å². The molecule has 0 rings (SSSR count). The van der Waals surface area contributed by atoms with Crippen molar-refractivity contribution in [3.63, 3.8) is 0 Å². The fourth-order valence-corrected chi connectivity index (χ4v) is 1.47. The van der Waals surface area contributed by atoms with E-state index < -0.39 is 5.97 Å². The number of carbonyl (C=O) groups excluding carboxylic acids is 1. The van der Waals surface area contributed by atoms with Crippen LogP contribution in [0.2, 0.25) is 0 Å². The minimum Gasteiger partial charge on any atom is -0.550 e. The summed E-state index contributed by atoms with van der Waals surface area (Å²) < 4.78 is 0. The van der Waals surface area contributed by atoms with Crippen LogP contribution in [0.3, 0.4) is 0 Å². The Bertz CT molecular complexity index is 143. The van der Waals surface area contributed by atoms with Crippen molar-refractivity contribution in [2.45, 2.75) is 57.8 Å². The molecule has 0 atom stereocenters. The molecule has 0 aromatic heterocycles. The predicted octanol–water partition coefficient (Wildman–Crippen LogP) is -1.79. The predicted molar refractivity (Wildman–Crippen MR) is 55.6 cm³/mol. The second-order valence-corrected chi connectivity index (χ2v) is 3.74. The molecule has 0 aliphatic carbocycles. The fraction of sp³-hybridized carbons (Fsp3) is 0.909. The van der Waals surface area contributed by atoms with Crippen molar-refractivity contribution in [2.24, 2.45) is 5.73 Å². The van der Waals surface area contributed by atoms with Crippen molar-refractivity contribution in [1.29, 1.82) is 0 Å². The van der Waals surface area contributed by atoms with Crippen LogP contribution in [0.5, 0.6) is 0 Å². The first-order valence-corrected chi connectivity index (χ1v) is 5.67. The van der Waals surface area contributed by atoms with E-state index in [1.54, 1.807) is 0 Å². The van der Waals surface area contributed by atoms with Crippen LogP contribution in [-0.2, 0) is 4.79 Å². The summed E-state index contributed by atoms with van der Waals surface area (Å²) in [6.45, 7) is 0.797. The maximum absolute atomic E-state index is 10.1. The summed E-state index contributed by atoms with van der Waals surface area (Å²) in [4.78, 5) is 10.1. The van der Waals surface area contributed by atoms with Gasteiger partial charge in [-0.05, 0) is 25.8 Å². The van der Waals surface area contributed by atoms with Gasteiger partial charge in [0, 0.05) is 5.97 Å². The monoisotopic (exact) mass is 223 g/mol. The van der Waals surface area contributed by atoms with Gasteiger partial charge in [0.15, 0.2) is 0 Å². The summed E-state index contributed by atoms with van der Waals surface area (Å²) in [5.41, 5.74) is 5.38. The van der Waals surface area contributed by atoms with Gasteiger partial charge in [-0.1, -0.05) is 38.5 Å². The Labute approximate surface area is 115 Å². The molecule has 15 heavy (non-hydrogen) atoms. The Morgan fingerprint density at radius 1 is 0.867 bits per heavy atom. The number of hydrogen-bond acceptors (Lipinski definition) is 3. The van der Waals surface area contributed by atoms with Gasteiger partial charge in [-0.15, -0.1) is 0 Å². The van der Waals surface area contributed by atoms with Gasteiger partial charge in [0.05, 0.1) is 0 Å². The molecule has 0 amide bonds. The summed E-state index contributed by atoms with van der Waals surface area (Å²) in [5, 5.41) is 10.1. The second-order valence-electron chi connectivity index (χ2n) is 3.74. The molecule has 4 heteroatoms. The molecule has 0 spiro atoms. The van der Waals surface area contributed by atoms with Crippen molar-refractivity contribution in [1.82, 2.24) is 0 Å². The summed E-state index contributed by atoms with van der Waals surface area (Å²) in [7, 11) is 0. The van der Waals surface area contributed by atoms with Gasteiger partial charge in [-0.25, -0.2) is 0 Å². The van der Waals surface area contributed by atoms with Crippen LogP contribution in [-0.4, -0.2) is 12.5 Å². The number of rotatable bonds is 10. The van der Waals surface area contributed by atoms with Crippen molar-refractivity contribution in [3.8, 4) is 0 Å². The van der Waals surface area contributed by atoms with E-state index in [1.165, 1.54) is 25.7 Å². The maximum Gasteiger partial charge on any atom is 1.00 e. The molecule has 0 bridgehead atoms. The molecular formula is C11H22NNaO2. The van der Waals surface area contributed by atoms with Crippen LogP contribution in [0, 0.1) is 0 Å². The first-order valence-electron chi connectivity index (χ1n) is 5.67. The molecule has 0 aromatic carbocycles. The van der Waals surface area contributed by atoms with Gasteiger partial charge in [0.25, 0.3) is 0 Å². The van der Waals surface area contributed by atoms with Crippen LogP contribution >= 0.6 is 0 Å². The summed E-state index contributed by atoms with van der Waals surface area (Å²) >= 11 is 0. The Morgan fingerprint density at radius 3 is 1.67 bits per heavy atom. The zero-order valence-electron chi connectivity index (χ0n) is 9.96. The first-order chi connectivity index (χ1) is 6.77. The van der Waals surface area contributed by atoms with Gasteiger partial charge < -0.3 is 15.6 Å². The molecule has 0 aliphatic rings. The molecule has 0 saturated heterocycles. The van der Waals surface area contributed by atoms with Crippen LogP contribution < -0.4 is 40.4 Å². The Balaban J connectivity index is 0. The van der Waals surface area contributed by atoms with E-state index >= 15 is 0 Å². The minimum atomic E-state index is -0.923.